The molecule has 4 fully saturated rings. The smallest absolute Gasteiger partial charge is 0.0689 e. The number of hydrogen-bond acceptors (Lipinski definition) is 1. The molecular weight excluding hydrogens is 326 g/mol. The second-order valence-electron chi connectivity index (χ2n) is 10.9. The standard InChI is InChI=1S/C26H43N/c1-3-5-6-8-19-9-7-10-23-21(19)13-14-24-22-15-16-26(4-2,18-27)17-20(22)11-12-25(23)24/h19-25H,3-17H2,1-2H3/t19-,20?,21?,22?,23?,24?,25?,26-/m1/s1. The van der Waals surface area contributed by atoms with E-state index in [1.165, 1.54) is 77.0 Å². The second kappa shape index (κ2) is 8.47. The largest absolute Gasteiger partial charge is 0.198 e. The fourth-order valence-corrected chi connectivity index (χ4v) is 8.49. The van der Waals surface area contributed by atoms with Crippen LogP contribution in [-0.4, -0.2) is 0 Å². The fraction of sp³-hybridized carbons (Fsp3) is 0.962. The Labute approximate surface area is 168 Å². The number of unbranched alkanes of at least 4 members (excludes halogenated alkanes) is 2. The Morgan fingerprint density at radius 1 is 0.815 bits per heavy atom. The van der Waals surface area contributed by atoms with Crippen LogP contribution in [0.4, 0.5) is 0 Å². The van der Waals surface area contributed by atoms with Crippen LogP contribution in [0, 0.1) is 58.2 Å². The van der Waals surface area contributed by atoms with Crippen LogP contribution in [0.2, 0.25) is 0 Å². The van der Waals surface area contributed by atoms with Gasteiger partial charge in [0.2, 0.25) is 0 Å². The molecular formula is C26H43N. The molecule has 8 atom stereocenters. The molecule has 0 heterocycles. The number of rotatable bonds is 5. The Hall–Kier alpha value is -0.510. The SMILES string of the molecule is CCCCC[C@@H]1CCCC2C3CCC4C[C@@](C#N)(CC)CCC4C3CCC21. The highest BCUT2D eigenvalue weighted by molar-refractivity contribution is 5.07. The first-order valence-electron chi connectivity index (χ1n) is 12.6. The molecule has 152 valence electrons. The van der Waals surface area contributed by atoms with Crippen molar-refractivity contribution in [3.05, 3.63) is 0 Å². The van der Waals surface area contributed by atoms with Crippen LogP contribution in [-0.2, 0) is 0 Å². The van der Waals surface area contributed by atoms with E-state index in [1.54, 1.807) is 12.8 Å². The van der Waals surface area contributed by atoms with Crippen LogP contribution < -0.4 is 0 Å². The normalized spacial score (nSPS) is 46.6. The molecule has 4 aliphatic rings. The van der Waals surface area contributed by atoms with Crippen LogP contribution in [0.1, 0.15) is 110 Å². The predicted octanol–water partition coefficient (Wildman–Crippen LogP) is 7.76. The molecule has 4 saturated carbocycles. The summed E-state index contributed by atoms with van der Waals surface area (Å²) in [7, 11) is 0. The third kappa shape index (κ3) is 3.72. The van der Waals surface area contributed by atoms with Gasteiger partial charge in [-0.15, -0.1) is 0 Å². The minimum atomic E-state index is 0.0282. The molecule has 0 N–H and O–H groups in total. The average molecular weight is 370 g/mol. The van der Waals surface area contributed by atoms with Gasteiger partial charge in [-0.2, -0.15) is 5.26 Å². The number of hydrogen-bond donors (Lipinski definition) is 0. The lowest BCUT2D eigenvalue weighted by Crippen LogP contribution is -2.49. The highest BCUT2D eigenvalue weighted by atomic mass is 14.6. The highest BCUT2D eigenvalue weighted by Crippen LogP contribution is 2.60. The van der Waals surface area contributed by atoms with Gasteiger partial charge >= 0.3 is 0 Å². The molecule has 0 amide bonds. The fourth-order valence-electron chi connectivity index (χ4n) is 8.49. The van der Waals surface area contributed by atoms with Gasteiger partial charge in [0, 0.05) is 0 Å². The van der Waals surface area contributed by atoms with Gasteiger partial charge in [0.25, 0.3) is 0 Å². The van der Waals surface area contributed by atoms with E-state index in [1.807, 2.05) is 0 Å². The van der Waals surface area contributed by atoms with Crippen LogP contribution in [0.15, 0.2) is 0 Å². The van der Waals surface area contributed by atoms with Gasteiger partial charge in [-0.3, -0.25) is 0 Å². The molecule has 27 heavy (non-hydrogen) atoms. The summed E-state index contributed by atoms with van der Waals surface area (Å²) in [5.41, 5.74) is 0.0282. The Balaban J connectivity index is 1.43. The number of nitriles is 1. The van der Waals surface area contributed by atoms with Gasteiger partial charge in [-0.05, 0) is 99.2 Å². The summed E-state index contributed by atoms with van der Waals surface area (Å²) in [5.74, 6) is 7.12. The molecule has 0 bridgehead atoms. The first-order chi connectivity index (χ1) is 13.2. The van der Waals surface area contributed by atoms with E-state index in [2.05, 4.69) is 19.9 Å². The minimum absolute atomic E-state index is 0.0282. The van der Waals surface area contributed by atoms with E-state index in [4.69, 9.17) is 0 Å². The molecule has 0 saturated heterocycles. The van der Waals surface area contributed by atoms with Crippen molar-refractivity contribution in [2.45, 2.75) is 110 Å². The van der Waals surface area contributed by atoms with E-state index in [-0.39, 0.29) is 5.41 Å². The topological polar surface area (TPSA) is 23.8 Å². The number of nitrogens with zero attached hydrogens (tertiary/aromatic N) is 1. The lowest BCUT2D eigenvalue weighted by atomic mass is 9.48. The van der Waals surface area contributed by atoms with Crippen molar-refractivity contribution in [2.24, 2.45) is 46.8 Å². The first-order valence-corrected chi connectivity index (χ1v) is 12.6. The molecule has 0 aromatic carbocycles. The molecule has 0 aromatic rings. The van der Waals surface area contributed by atoms with Crippen LogP contribution in [0.5, 0.6) is 0 Å². The maximum Gasteiger partial charge on any atom is 0.0689 e. The van der Waals surface area contributed by atoms with E-state index in [0.717, 1.165) is 47.8 Å². The summed E-state index contributed by atoms with van der Waals surface area (Å²) in [4.78, 5) is 0. The molecule has 0 radical (unpaired) electrons. The Bertz CT molecular complexity index is 533. The molecule has 0 aliphatic heterocycles. The van der Waals surface area contributed by atoms with E-state index < -0.39 is 0 Å². The number of fused-ring (bicyclic) bond motifs is 5. The monoisotopic (exact) mass is 369 g/mol. The predicted molar refractivity (Wildman–Crippen MR) is 113 cm³/mol. The zero-order valence-corrected chi connectivity index (χ0v) is 18.1. The van der Waals surface area contributed by atoms with Crippen molar-refractivity contribution >= 4 is 0 Å². The van der Waals surface area contributed by atoms with E-state index in [9.17, 15) is 5.26 Å². The van der Waals surface area contributed by atoms with Crippen molar-refractivity contribution in [1.29, 1.82) is 5.26 Å². The van der Waals surface area contributed by atoms with Crippen molar-refractivity contribution in [1.82, 2.24) is 0 Å². The van der Waals surface area contributed by atoms with Gasteiger partial charge in [0.05, 0.1) is 11.5 Å². The Morgan fingerprint density at radius 2 is 1.56 bits per heavy atom. The summed E-state index contributed by atoms with van der Waals surface area (Å²) in [6.07, 6.45) is 21.3. The van der Waals surface area contributed by atoms with Gasteiger partial charge < -0.3 is 0 Å². The lowest BCUT2D eigenvalue weighted by molar-refractivity contribution is -0.0713. The third-order valence-corrected chi connectivity index (χ3v) is 9.93. The lowest BCUT2D eigenvalue weighted by Gasteiger charge is -2.57. The zero-order valence-electron chi connectivity index (χ0n) is 18.1. The molecule has 6 unspecified atom stereocenters. The van der Waals surface area contributed by atoms with Gasteiger partial charge in [0.15, 0.2) is 0 Å². The highest BCUT2D eigenvalue weighted by Gasteiger charge is 2.52. The third-order valence-electron chi connectivity index (χ3n) is 9.93. The maximum atomic E-state index is 9.79. The molecule has 0 spiro atoms. The van der Waals surface area contributed by atoms with Crippen molar-refractivity contribution in [3.63, 3.8) is 0 Å². The van der Waals surface area contributed by atoms with Gasteiger partial charge in [-0.25, -0.2) is 0 Å². The molecule has 4 aliphatic carbocycles. The minimum Gasteiger partial charge on any atom is -0.198 e. The van der Waals surface area contributed by atoms with Gasteiger partial charge in [-0.1, -0.05) is 52.4 Å². The molecule has 4 rings (SSSR count). The summed E-state index contributed by atoms with van der Waals surface area (Å²) in [5, 5.41) is 9.79. The zero-order chi connectivity index (χ0) is 18.9. The van der Waals surface area contributed by atoms with Gasteiger partial charge in [0.1, 0.15) is 0 Å². The van der Waals surface area contributed by atoms with E-state index >= 15 is 0 Å². The first kappa shape index (κ1) is 19.8. The van der Waals surface area contributed by atoms with Crippen molar-refractivity contribution in [3.8, 4) is 6.07 Å². The summed E-state index contributed by atoms with van der Waals surface area (Å²) < 4.78 is 0. The summed E-state index contributed by atoms with van der Waals surface area (Å²) in [6, 6.07) is 2.75. The second-order valence-corrected chi connectivity index (χ2v) is 10.9. The average Bonchev–Trinajstić information content (AvgIpc) is 2.73. The maximum absolute atomic E-state index is 9.79. The molecule has 1 nitrogen and oxygen atoms in total. The van der Waals surface area contributed by atoms with Crippen LogP contribution >= 0.6 is 0 Å². The Morgan fingerprint density at radius 3 is 2.33 bits per heavy atom. The van der Waals surface area contributed by atoms with Crippen LogP contribution in [0.3, 0.4) is 0 Å². The summed E-state index contributed by atoms with van der Waals surface area (Å²) in [6.45, 7) is 4.60. The quantitative estimate of drug-likeness (QED) is 0.454. The molecule has 1 heteroatoms. The van der Waals surface area contributed by atoms with Crippen molar-refractivity contribution in [2.75, 3.05) is 0 Å². The Kier molecular flexibility index (Phi) is 6.21. The van der Waals surface area contributed by atoms with Crippen LogP contribution in [0.25, 0.3) is 0 Å². The van der Waals surface area contributed by atoms with E-state index in [0.29, 0.717) is 0 Å². The van der Waals surface area contributed by atoms with Crippen molar-refractivity contribution < 1.29 is 0 Å². The summed E-state index contributed by atoms with van der Waals surface area (Å²) >= 11 is 0. The molecule has 0 aromatic heterocycles.